The molecule has 0 saturated heterocycles. The molecule has 2 rings (SSSR count). The number of rotatable bonds is 9. The van der Waals surface area contributed by atoms with E-state index in [9.17, 15) is 9.18 Å². The molecule has 0 spiro atoms. The Morgan fingerprint density at radius 3 is 2.68 bits per heavy atom. The summed E-state index contributed by atoms with van der Waals surface area (Å²) in [6, 6.07) is 8.07. The van der Waals surface area contributed by atoms with Crippen LogP contribution in [0.15, 0.2) is 46.0 Å². The van der Waals surface area contributed by atoms with Crippen LogP contribution in [0.5, 0.6) is 5.75 Å². The van der Waals surface area contributed by atoms with Gasteiger partial charge >= 0.3 is 0 Å². The number of ether oxygens (including phenoxy) is 1. The van der Waals surface area contributed by atoms with Crippen molar-refractivity contribution in [3.05, 3.63) is 53.7 Å². The molecular weight excluding hydrogens is 363 g/mol. The second-order valence-electron chi connectivity index (χ2n) is 6.22. The third kappa shape index (κ3) is 6.29. The quantitative estimate of drug-likeness (QED) is 0.391. The van der Waals surface area contributed by atoms with Crippen molar-refractivity contribution in [1.82, 2.24) is 15.5 Å². The van der Waals surface area contributed by atoms with Crippen LogP contribution in [0, 0.1) is 12.7 Å². The second kappa shape index (κ2) is 11.0. The number of para-hydroxylation sites is 1. The van der Waals surface area contributed by atoms with Crippen LogP contribution in [0.2, 0.25) is 0 Å². The molecule has 8 heteroatoms. The zero-order chi connectivity index (χ0) is 20.4. The Morgan fingerprint density at radius 2 is 2.00 bits per heavy atom. The number of benzene rings is 1. The van der Waals surface area contributed by atoms with Crippen molar-refractivity contribution in [3.8, 4) is 5.75 Å². The number of furan rings is 1. The lowest BCUT2D eigenvalue weighted by atomic mass is 10.2. The molecule has 0 bridgehead atoms. The molecule has 0 radical (unpaired) electrons. The summed E-state index contributed by atoms with van der Waals surface area (Å²) in [4.78, 5) is 18.1. The highest BCUT2D eigenvalue weighted by atomic mass is 19.1. The molecule has 0 fully saturated rings. The summed E-state index contributed by atoms with van der Waals surface area (Å²) in [7, 11) is 3.57. The monoisotopic (exact) mass is 390 g/mol. The molecule has 28 heavy (non-hydrogen) atoms. The van der Waals surface area contributed by atoms with E-state index in [2.05, 4.69) is 15.6 Å². The number of hydrogen-bond donors (Lipinski definition) is 2. The van der Waals surface area contributed by atoms with Gasteiger partial charge in [-0.3, -0.25) is 9.79 Å². The fourth-order valence-electron chi connectivity index (χ4n) is 2.52. The van der Waals surface area contributed by atoms with Gasteiger partial charge in [-0.2, -0.15) is 0 Å². The average molecular weight is 390 g/mol. The van der Waals surface area contributed by atoms with Crippen LogP contribution in [-0.4, -0.2) is 57.1 Å². The number of nitrogens with zero attached hydrogens (tertiary/aromatic N) is 2. The Kier molecular flexibility index (Phi) is 8.33. The molecular formula is C20H27FN4O3. The summed E-state index contributed by atoms with van der Waals surface area (Å²) in [5, 5.41) is 6.04. The molecule has 0 aliphatic carbocycles. The molecule has 2 aromatic rings. The SMILES string of the molecule is CN=C(NCCCNC(=O)c1occc1C)N(C)CCOc1ccccc1F. The first kappa shape index (κ1) is 21.3. The van der Waals surface area contributed by atoms with Gasteiger partial charge in [0.25, 0.3) is 5.91 Å². The minimum Gasteiger partial charge on any atom is -0.489 e. The lowest BCUT2D eigenvalue weighted by Gasteiger charge is -2.22. The van der Waals surface area contributed by atoms with Crippen LogP contribution >= 0.6 is 0 Å². The first-order valence-electron chi connectivity index (χ1n) is 9.14. The van der Waals surface area contributed by atoms with E-state index < -0.39 is 0 Å². The third-order valence-corrected chi connectivity index (χ3v) is 4.08. The number of amides is 1. The van der Waals surface area contributed by atoms with E-state index in [1.807, 2.05) is 18.9 Å². The van der Waals surface area contributed by atoms with Crippen molar-refractivity contribution < 1.29 is 18.3 Å². The molecule has 0 unspecified atom stereocenters. The van der Waals surface area contributed by atoms with Crippen molar-refractivity contribution in [2.45, 2.75) is 13.3 Å². The van der Waals surface area contributed by atoms with Crippen molar-refractivity contribution in [1.29, 1.82) is 0 Å². The Morgan fingerprint density at radius 1 is 1.25 bits per heavy atom. The molecule has 0 aliphatic heterocycles. The summed E-state index contributed by atoms with van der Waals surface area (Å²) in [6.07, 6.45) is 2.23. The number of halogens is 1. The highest BCUT2D eigenvalue weighted by Crippen LogP contribution is 2.15. The molecule has 1 heterocycles. The predicted molar refractivity (Wildman–Crippen MR) is 106 cm³/mol. The van der Waals surface area contributed by atoms with E-state index in [1.165, 1.54) is 12.3 Å². The summed E-state index contributed by atoms with van der Waals surface area (Å²) in [6.45, 7) is 3.86. The third-order valence-electron chi connectivity index (χ3n) is 4.08. The molecule has 1 aromatic carbocycles. The maximum absolute atomic E-state index is 13.5. The normalized spacial score (nSPS) is 11.2. The minimum atomic E-state index is -0.376. The smallest absolute Gasteiger partial charge is 0.287 e. The van der Waals surface area contributed by atoms with Crippen molar-refractivity contribution in [3.63, 3.8) is 0 Å². The summed E-state index contributed by atoms with van der Waals surface area (Å²) in [5.74, 6) is 0.693. The van der Waals surface area contributed by atoms with Crippen molar-refractivity contribution in [2.24, 2.45) is 4.99 Å². The van der Waals surface area contributed by atoms with Gasteiger partial charge in [0, 0.05) is 32.7 Å². The molecule has 1 aromatic heterocycles. The van der Waals surface area contributed by atoms with Crippen molar-refractivity contribution in [2.75, 3.05) is 40.3 Å². The predicted octanol–water partition coefficient (Wildman–Crippen LogP) is 2.43. The Balaban J connectivity index is 1.64. The lowest BCUT2D eigenvalue weighted by Crippen LogP contribution is -2.41. The van der Waals surface area contributed by atoms with Crippen LogP contribution in [-0.2, 0) is 0 Å². The highest BCUT2D eigenvalue weighted by Gasteiger charge is 2.11. The van der Waals surface area contributed by atoms with Crippen LogP contribution in [0.4, 0.5) is 4.39 Å². The van der Waals surface area contributed by atoms with Gasteiger partial charge in [-0.05, 0) is 31.5 Å². The zero-order valence-corrected chi connectivity index (χ0v) is 16.5. The maximum atomic E-state index is 13.5. The molecule has 2 N–H and O–H groups in total. The molecule has 7 nitrogen and oxygen atoms in total. The van der Waals surface area contributed by atoms with Gasteiger partial charge in [-0.25, -0.2) is 4.39 Å². The van der Waals surface area contributed by atoms with Gasteiger partial charge in [0.15, 0.2) is 23.3 Å². The van der Waals surface area contributed by atoms with Crippen LogP contribution in [0.1, 0.15) is 22.5 Å². The van der Waals surface area contributed by atoms with Gasteiger partial charge in [0.05, 0.1) is 12.8 Å². The number of likely N-dealkylation sites (N-methyl/N-ethyl adjacent to an activating group) is 1. The Bertz CT molecular complexity index is 791. The van der Waals surface area contributed by atoms with Crippen LogP contribution in [0.25, 0.3) is 0 Å². The lowest BCUT2D eigenvalue weighted by molar-refractivity contribution is 0.0925. The van der Waals surface area contributed by atoms with E-state index in [-0.39, 0.29) is 17.5 Å². The number of carbonyl (C=O) groups excluding carboxylic acids is 1. The largest absolute Gasteiger partial charge is 0.489 e. The number of hydrogen-bond acceptors (Lipinski definition) is 4. The molecule has 0 saturated carbocycles. The summed E-state index contributed by atoms with van der Waals surface area (Å²) >= 11 is 0. The Hall–Kier alpha value is -3.03. The van der Waals surface area contributed by atoms with Gasteiger partial charge in [0.2, 0.25) is 0 Å². The standard InChI is InChI=1S/C20H27FN4O3/c1-15-9-13-28-18(15)19(26)23-10-6-11-24-20(22-2)25(3)12-14-27-17-8-5-4-7-16(17)21/h4-5,7-9,13H,6,10-12,14H2,1-3H3,(H,22,24)(H,23,26). The average Bonchev–Trinajstić information content (AvgIpc) is 3.12. The highest BCUT2D eigenvalue weighted by molar-refractivity contribution is 5.92. The molecule has 152 valence electrons. The van der Waals surface area contributed by atoms with Gasteiger partial charge in [0.1, 0.15) is 6.61 Å². The number of guanidine groups is 1. The molecule has 1 amide bonds. The number of aryl methyl sites for hydroxylation is 1. The van der Waals surface area contributed by atoms with Gasteiger partial charge in [-0.15, -0.1) is 0 Å². The first-order chi connectivity index (χ1) is 13.5. The molecule has 0 aliphatic rings. The topological polar surface area (TPSA) is 79.1 Å². The molecule has 0 atom stereocenters. The summed E-state index contributed by atoms with van der Waals surface area (Å²) < 4.78 is 24.2. The maximum Gasteiger partial charge on any atom is 0.287 e. The fourth-order valence-corrected chi connectivity index (χ4v) is 2.52. The van der Waals surface area contributed by atoms with E-state index in [0.717, 1.165) is 12.0 Å². The Labute approximate surface area is 164 Å². The number of aliphatic imine (C=N–C) groups is 1. The van der Waals surface area contributed by atoms with Gasteiger partial charge in [-0.1, -0.05) is 12.1 Å². The van der Waals surface area contributed by atoms with Gasteiger partial charge < -0.3 is 24.7 Å². The zero-order valence-electron chi connectivity index (χ0n) is 16.5. The van der Waals surface area contributed by atoms with E-state index in [4.69, 9.17) is 9.15 Å². The number of nitrogens with one attached hydrogen (secondary N) is 2. The number of carbonyl (C=O) groups is 1. The van der Waals surface area contributed by atoms with Crippen LogP contribution < -0.4 is 15.4 Å². The van der Waals surface area contributed by atoms with E-state index >= 15 is 0 Å². The van der Waals surface area contributed by atoms with Crippen LogP contribution in [0.3, 0.4) is 0 Å². The second-order valence-corrected chi connectivity index (χ2v) is 6.22. The van der Waals surface area contributed by atoms with Crippen molar-refractivity contribution >= 4 is 11.9 Å². The fraction of sp³-hybridized carbons (Fsp3) is 0.400. The first-order valence-corrected chi connectivity index (χ1v) is 9.14. The van der Waals surface area contributed by atoms with E-state index in [0.29, 0.717) is 38.0 Å². The summed E-state index contributed by atoms with van der Waals surface area (Å²) in [5.41, 5.74) is 0.815. The minimum absolute atomic E-state index is 0.214. The van der Waals surface area contributed by atoms with E-state index in [1.54, 1.807) is 31.3 Å².